The Labute approximate surface area is 163 Å². The Balaban J connectivity index is 1.87. The molecule has 0 atom stereocenters. The molecule has 0 unspecified atom stereocenters. The molecule has 2 rings (SSSR count). The fourth-order valence-corrected chi connectivity index (χ4v) is 2.72. The summed E-state index contributed by atoms with van der Waals surface area (Å²) >= 11 is 0. The smallest absolute Gasteiger partial charge is 0.223 e. The summed E-state index contributed by atoms with van der Waals surface area (Å²) < 4.78 is 12.9. The van der Waals surface area contributed by atoms with Crippen LogP contribution in [-0.4, -0.2) is 30.8 Å². The van der Waals surface area contributed by atoms with Crippen LogP contribution in [0.25, 0.3) is 0 Å². The molecule has 0 spiro atoms. The Morgan fingerprint density at radius 2 is 1.75 bits per heavy atom. The van der Waals surface area contributed by atoms with Crippen molar-refractivity contribution in [2.75, 3.05) is 23.3 Å². The summed E-state index contributed by atoms with van der Waals surface area (Å²) in [6.45, 7) is 3.49. The standard InChI is InChI=1S/C21H24FN3O3/c1-15(26)24-19-4-3-5-20(14-19)25(16(2)27)13-11-21(28)23-12-10-17-6-8-18(22)9-7-17/h3-9,14H,10-13H2,1-2H3,(H,23,28)(H,24,26). The van der Waals surface area contributed by atoms with Gasteiger partial charge in [0.1, 0.15) is 5.82 Å². The minimum atomic E-state index is -0.292. The van der Waals surface area contributed by atoms with Gasteiger partial charge in [0.25, 0.3) is 0 Å². The fraction of sp³-hybridized carbons (Fsp3) is 0.286. The molecule has 3 amide bonds. The molecule has 0 bridgehead atoms. The number of rotatable bonds is 8. The highest BCUT2D eigenvalue weighted by molar-refractivity contribution is 5.94. The second-order valence-electron chi connectivity index (χ2n) is 6.38. The van der Waals surface area contributed by atoms with E-state index in [4.69, 9.17) is 0 Å². The molecule has 0 saturated heterocycles. The number of nitrogens with zero attached hydrogens (tertiary/aromatic N) is 1. The van der Waals surface area contributed by atoms with Crippen molar-refractivity contribution in [2.24, 2.45) is 0 Å². The molecule has 0 fully saturated rings. The van der Waals surface area contributed by atoms with Gasteiger partial charge in [-0.05, 0) is 42.3 Å². The van der Waals surface area contributed by atoms with E-state index in [0.717, 1.165) is 5.56 Å². The third-order valence-corrected chi connectivity index (χ3v) is 4.07. The van der Waals surface area contributed by atoms with Crippen LogP contribution in [-0.2, 0) is 20.8 Å². The van der Waals surface area contributed by atoms with Gasteiger partial charge >= 0.3 is 0 Å². The van der Waals surface area contributed by atoms with Crippen molar-refractivity contribution < 1.29 is 18.8 Å². The first-order valence-corrected chi connectivity index (χ1v) is 9.02. The lowest BCUT2D eigenvalue weighted by atomic mass is 10.1. The predicted octanol–water partition coefficient (Wildman–Crippen LogP) is 2.89. The van der Waals surface area contributed by atoms with E-state index in [2.05, 4.69) is 10.6 Å². The van der Waals surface area contributed by atoms with Crippen LogP contribution in [0, 0.1) is 5.82 Å². The van der Waals surface area contributed by atoms with E-state index in [0.29, 0.717) is 24.3 Å². The Bertz CT molecular complexity index is 837. The first kappa shape index (κ1) is 21.1. The van der Waals surface area contributed by atoms with Gasteiger partial charge in [-0.1, -0.05) is 18.2 Å². The molecule has 28 heavy (non-hydrogen) atoms. The van der Waals surface area contributed by atoms with Gasteiger partial charge in [-0.25, -0.2) is 4.39 Å². The number of hydrogen-bond acceptors (Lipinski definition) is 3. The van der Waals surface area contributed by atoms with Crippen LogP contribution >= 0.6 is 0 Å². The van der Waals surface area contributed by atoms with Crippen LogP contribution in [0.4, 0.5) is 15.8 Å². The predicted molar refractivity (Wildman–Crippen MR) is 107 cm³/mol. The molecule has 0 radical (unpaired) electrons. The molecular weight excluding hydrogens is 361 g/mol. The number of benzene rings is 2. The Kier molecular flexibility index (Phi) is 7.68. The summed E-state index contributed by atoms with van der Waals surface area (Å²) in [6.07, 6.45) is 0.745. The second-order valence-corrected chi connectivity index (χ2v) is 6.38. The quantitative estimate of drug-likeness (QED) is 0.733. The number of hydrogen-bond donors (Lipinski definition) is 2. The van der Waals surface area contributed by atoms with Crippen molar-refractivity contribution in [3.63, 3.8) is 0 Å². The lowest BCUT2D eigenvalue weighted by Gasteiger charge is -2.21. The van der Waals surface area contributed by atoms with Gasteiger partial charge in [-0.15, -0.1) is 0 Å². The molecule has 0 aliphatic carbocycles. The van der Waals surface area contributed by atoms with E-state index in [1.807, 2.05) is 0 Å². The lowest BCUT2D eigenvalue weighted by molar-refractivity contribution is -0.121. The van der Waals surface area contributed by atoms with Crippen molar-refractivity contribution in [1.29, 1.82) is 0 Å². The highest BCUT2D eigenvalue weighted by atomic mass is 19.1. The summed E-state index contributed by atoms with van der Waals surface area (Å²) in [4.78, 5) is 36.8. The first-order valence-electron chi connectivity index (χ1n) is 9.02. The largest absolute Gasteiger partial charge is 0.356 e. The maximum absolute atomic E-state index is 12.9. The van der Waals surface area contributed by atoms with Gasteiger partial charge < -0.3 is 15.5 Å². The number of carbonyl (C=O) groups excluding carboxylic acids is 3. The molecule has 6 nitrogen and oxygen atoms in total. The normalized spacial score (nSPS) is 10.2. The molecule has 2 aromatic carbocycles. The van der Waals surface area contributed by atoms with Crippen molar-refractivity contribution in [2.45, 2.75) is 26.7 Å². The molecule has 148 valence electrons. The second kappa shape index (κ2) is 10.2. The Hall–Kier alpha value is -3.22. The maximum Gasteiger partial charge on any atom is 0.223 e. The molecule has 0 aromatic heterocycles. The molecule has 2 aromatic rings. The van der Waals surface area contributed by atoms with Crippen LogP contribution in [0.15, 0.2) is 48.5 Å². The van der Waals surface area contributed by atoms with Crippen LogP contribution in [0.2, 0.25) is 0 Å². The van der Waals surface area contributed by atoms with E-state index < -0.39 is 0 Å². The molecule has 0 heterocycles. The average molecular weight is 385 g/mol. The van der Waals surface area contributed by atoms with Gasteiger partial charge in [0, 0.05) is 44.7 Å². The molecule has 0 saturated carbocycles. The van der Waals surface area contributed by atoms with Crippen LogP contribution in [0.3, 0.4) is 0 Å². The monoisotopic (exact) mass is 385 g/mol. The van der Waals surface area contributed by atoms with E-state index in [9.17, 15) is 18.8 Å². The SMILES string of the molecule is CC(=O)Nc1cccc(N(CCC(=O)NCCc2ccc(F)cc2)C(C)=O)c1. The zero-order chi connectivity index (χ0) is 20.5. The van der Waals surface area contributed by atoms with Crippen molar-refractivity contribution in [3.8, 4) is 0 Å². The van der Waals surface area contributed by atoms with Crippen molar-refractivity contribution in [3.05, 3.63) is 59.9 Å². The number of anilines is 2. The number of carbonyl (C=O) groups is 3. The van der Waals surface area contributed by atoms with Gasteiger partial charge in [0.15, 0.2) is 0 Å². The van der Waals surface area contributed by atoms with Crippen molar-refractivity contribution in [1.82, 2.24) is 5.32 Å². The van der Waals surface area contributed by atoms with Crippen molar-refractivity contribution >= 4 is 29.1 Å². The van der Waals surface area contributed by atoms with Gasteiger partial charge in [0.2, 0.25) is 17.7 Å². The zero-order valence-corrected chi connectivity index (χ0v) is 16.0. The summed E-state index contributed by atoms with van der Waals surface area (Å²) in [7, 11) is 0. The summed E-state index contributed by atoms with van der Waals surface area (Å²) in [6, 6.07) is 13.0. The summed E-state index contributed by atoms with van der Waals surface area (Å²) in [5.74, 6) is -0.864. The summed E-state index contributed by atoms with van der Waals surface area (Å²) in [5.41, 5.74) is 2.12. The van der Waals surface area contributed by atoms with Gasteiger partial charge in [-0.3, -0.25) is 14.4 Å². The third-order valence-electron chi connectivity index (χ3n) is 4.07. The third kappa shape index (κ3) is 6.83. The Morgan fingerprint density at radius 1 is 1.04 bits per heavy atom. The molecule has 0 aliphatic heterocycles. The molecule has 7 heteroatoms. The van der Waals surface area contributed by atoms with Crippen LogP contribution in [0.1, 0.15) is 25.8 Å². The summed E-state index contributed by atoms with van der Waals surface area (Å²) in [5, 5.41) is 5.47. The van der Waals surface area contributed by atoms with Gasteiger partial charge in [-0.2, -0.15) is 0 Å². The van der Waals surface area contributed by atoms with Crippen LogP contribution in [0.5, 0.6) is 0 Å². The number of amides is 3. The minimum absolute atomic E-state index is 0.146. The lowest BCUT2D eigenvalue weighted by Crippen LogP contribution is -2.34. The number of halogens is 1. The molecule has 2 N–H and O–H groups in total. The van der Waals surface area contributed by atoms with Crippen LogP contribution < -0.4 is 15.5 Å². The zero-order valence-electron chi connectivity index (χ0n) is 16.0. The molecular formula is C21H24FN3O3. The molecule has 0 aliphatic rings. The van der Waals surface area contributed by atoms with E-state index in [1.54, 1.807) is 36.4 Å². The topological polar surface area (TPSA) is 78.5 Å². The fourth-order valence-electron chi connectivity index (χ4n) is 2.72. The van der Waals surface area contributed by atoms with E-state index >= 15 is 0 Å². The average Bonchev–Trinajstić information content (AvgIpc) is 2.63. The Morgan fingerprint density at radius 3 is 2.39 bits per heavy atom. The van der Waals surface area contributed by atoms with Gasteiger partial charge in [0.05, 0.1) is 0 Å². The first-order chi connectivity index (χ1) is 13.3. The number of nitrogens with one attached hydrogen (secondary N) is 2. The highest BCUT2D eigenvalue weighted by Gasteiger charge is 2.14. The minimum Gasteiger partial charge on any atom is -0.356 e. The van der Waals surface area contributed by atoms with E-state index in [1.165, 1.54) is 30.9 Å². The maximum atomic E-state index is 12.9. The van der Waals surface area contributed by atoms with E-state index in [-0.39, 0.29) is 36.5 Å². The highest BCUT2D eigenvalue weighted by Crippen LogP contribution is 2.20.